The quantitative estimate of drug-likeness (QED) is 0.656. The molecule has 0 bridgehead atoms. The topological polar surface area (TPSA) is 12.0 Å². The second-order valence-corrected chi connectivity index (χ2v) is 4.37. The van der Waals surface area contributed by atoms with E-state index in [1.54, 1.807) is 0 Å². The van der Waals surface area contributed by atoms with Crippen LogP contribution in [0.5, 0.6) is 0 Å². The fourth-order valence-corrected chi connectivity index (χ4v) is 1.97. The highest BCUT2D eigenvalue weighted by Crippen LogP contribution is 2.45. The molecule has 0 heterocycles. The van der Waals surface area contributed by atoms with Gasteiger partial charge in [-0.05, 0) is 44.6 Å². The van der Waals surface area contributed by atoms with Crippen molar-refractivity contribution in [1.29, 1.82) is 0 Å². The van der Waals surface area contributed by atoms with Gasteiger partial charge in [-0.2, -0.15) is 0 Å². The van der Waals surface area contributed by atoms with Crippen LogP contribution in [0.15, 0.2) is 0 Å². The average Bonchev–Trinajstić information content (AvgIpc) is 2.65. The Bertz CT molecular complexity index is 120. The standard InChI is InChI=1S/C10H21N/c1-7(2)5-9-6-10(9)8(3)11-4/h7-11H,5-6H2,1-4H3/t8?,9-,10+/m1/s1. The average molecular weight is 155 g/mol. The van der Waals surface area contributed by atoms with Crippen molar-refractivity contribution in [3.8, 4) is 0 Å². The third-order valence-electron chi connectivity index (χ3n) is 2.85. The van der Waals surface area contributed by atoms with E-state index >= 15 is 0 Å². The summed E-state index contributed by atoms with van der Waals surface area (Å²) < 4.78 is 0. The van der Waals surface area contributed by atoms with Gasteiger partial charge in [-0.25, -0.2) is 0 Å². The molecule has 0 radical (unpaired) electrons. The summed E-state index contributed by atoms with van der Waals surface area (Å²) in [5.41, 5.74) is 0. The Kier molecular flexibility index (Phi) is 2.94. The van der Waals surface area contributed by atoms with Gasteiger partial charge in [0, 0.05) is 6.04 Å². The van der Waals surface area contributed by atoms with Crippen molar-refractivity contribution in [1.82, 2.24) is 5.32 Å². The van der Waals surface area contributed by atoms with E-state index in [0.717, 1.165) is 23.8 Å². The fourth-order valence-electron chi connectivity index (χ4n) is 1.97. The first-order valence-electron chi connectivity index (χ1n) is 4.82. The summed E-state index contributed by atoms with van der Waals surface area (Å²) in [6, 6.07) is 0.735. The maximum absolute atomic E-state index is 3.33. The van der Waals surface area contributed by atoms with Crippen molar-refractivity contribution < 1.29 is 0 Å². The molecule has 0 saturated heterocycles. The number of hydrogen-bond donors (Lipinski definition) is 1. The van der Waals surface area contributed by atoms with Crippen LogP contribution in [0.4, 0.5) is 0 Å². The van der Waals surface area contributed by atoms with Gasteiger partial charge < -0.3 is 5.32 Å². The zero-order valence-corrected chi connectivity index (χ0v) is 8.22. The maximum atomic E-state index is 3.33. The maximum Gasteiger partial charge on any atom is 0.00667 e. The largest absolute Gasteiger partial charge is 0.317 e. The third-order valence-corrected chi connectivity index (χ3v) is 2.85. The molecule has 0 aromatic rings. The van der Waals surface area contributed by atoms with Crippen LogP contribution < -0.4 is 5.32 Å². The summed E-state index contributed by atoms with van der Waals surface area (Å²) in [4.78, 5) is 0. The molecule has 1 nitrogen and oxygen atoms in total. The minimum Gasteiger partial charge on any atom is -0.317 e. The first-order chi connectivity index (χ1) is 5.15. The molecule has 3 atom stereocenters. The molecule has 0 aromatic carbocycles. The van der Waals surface area contributed by atoms with Gasteiger partial charge in [0.2, 0.25) is 0 Å². The molecular formula is C10H21N. The molecule has 1 aliphatic rings. The summed E-state index contributed by atoms with van der Waals surface area (Å²) in [5.74, 6) is 2.88. The Morgan fingerprint density at radius 2 is 2.00 bits per heavy atom. The summed E-state index contributed by atoms with van der Waals surface area (Å²) >= 11 is 0. The number of rotatable bonds is 4. The predicted molar refractivity (Wildman–Crippen MR) is 49.6 cm³/mol. The van der Waals surface area contributed by atoms with Crippen LogP contribution in [0.2, 0.25) is 0 Å². The zero-order valence-electron chi connectivity index (χ0n) is 8.22. The molecule has 1 fully saturated rings. The predicted octanol–water partition coefficient (Wildman–Crippen LogP) is 2.28. The summed E-state index contributed by atoms with van der Waals surface area (Å²) in [6.07, 6.45) is 2.89. The molecule has 0 spiro atoms. The molecule has 0 amide bonds. The normalized spacial score (nSPS) is 32.5. The van der Waals surface area contributed by atoms with E-state index < -0.39 is 0 Å². The van der Waals surface area contributed by atoms with E-state index in [1.807, 2.05) is 0 Å². The molecular weight excluding hydrogens is 134 g/mol. The molecule has 66 valence electrons. The Labute approximate surface area is 70.6 Å². The van der Waals surface area contributed by atoms with Crippen LogP contribution in [0.3, 0.4) is 0 Å². The summed E-state index contributed by atoms with van der Waals surface area (Å²) in [5, 5.41) is 3.33. The molecule has 1 unspecified atom stereocenters. The Morgan fingerprint density at radius 3 is 2.45 bits per heavy atom. The second kappa shape index (κ2) is 3.57. The molecule has 1 saturated carbocycles. The molecule has 11 heavy (non-hydrogen) atoms. The van der Waals surface area contributed by atoms with Gasteiger partial charge in [0.05, 0.1) is 0 Å². The SMILES string of the molecule is CNC(C)[C@@H]1C[C@H]1CC(C)C. The lowest BCUT2D eigenvalue weighted by atomic mass is 10.0. The van der Waals surface area contributed by atoms with Gasteiger partial charge in [-0.15, -0.1) is 0 Å². The molecule has 0 aliphatic heterocycles. The van der Waals surface area contributed by atoms with Gasteiger partial charge in [0.15, 0.2) is 0 Å². The lowest BCUT2D eigenvalue weighted by Crippen LogP contribution is -2.24. The van der Waals surface area contributed by atoms with E-state index in [0.29, 0.717) is 0 Å². The summed E-state index contributed by atoms with van der Waals surface area (Å²) in [6.45, 7) is 6.93. The van der Waals surface area contributed by atoms with Crippen LogP contribution in [0.25, 0.3) is 0 Å². The zero-order chi connectivity index (χ0) is 8.43. The van der Waals surface area contributed by atoms with E-state index in [2.05, 4.69) is 33.1 Å². The lowest BCUT2D eigenvalue weighted by molar-refractivity contribution is 0.458. The van der Waals surface area contributed by atoms with Crippen LogP contribution in [0, 0.1) is 17.8 Å². The number of nitrogens with one attached hydrogen (secondary N) is 1. The van der Waals surface area contributed by atoms with Crippen molar-refractivity contribution in [3.63, 3.8) is 0 Å². The second-order valence-electron chi connectivity index (χ2n) is 4.37. The van der Waals surface area contributed by atoms with E-state index in [1.165, 1.54) is 12.8 Å². The Hall–Kier alpha value is -0.0400. The smallest absolute Gasteiger partial charge is 0.00667 e. The lowest BCUT2D eigenvalue weighted by Gasteiger charge is -2.09. The highest BCUT2D eigenvalue weighted by molar-refractivity contribution is 4.92. The van der Waals surface area contributed by atoms with Crippen molar-refractivity contribution >= 4 is 0 Å². The molecule has 1 aliphatic carbocycles. The van der Waals surface area contributed by atoms with E-state index in [9.17, 15) is 0 Å². The van der Waals surface area contributed by atoms with E-state index in [4.69, 9.17) is 0 Å². The molecule has 1 rings (SSSR count). The van der Waals surface area contributed by atoms with E-state index in [-0.39, 0.29) is 0 Å². The minimum atomic E-state index is 0.735. The van der Waals surface area contributed by atoms with Gasteiger partial charge in [-0.3, -0.25) is 0 Å². The molecule has 1 heteroatoms. The third kappa shape index (κ3) is 2.48. The number of hydrogen-bond acceptors (Lipinski definition) is 1. The fraction of sp³-hybridized carbons (Fsp3) is 1.00. The summed E-state index contributed by atoms with van der Waals surface area (Å²) in [7, 11) is 2.06. The minimum absolute atomic E-state index is 0.735. The molecule has 0 aromatic heterocycles. The Morgan fingerprint density at radius 1 is 1.36 bits per heavy atom. The van der Waals surface area contributed by atoms with Crippen LogP contribution in [-0.4, -0.2) is 13.1 Å². The van der Waals surface area contributed by atoms with Gasteiger partial charge in [-0.1, -0.05) is 13.8 Å². The Balaban J connectivity index is 2.15. The highest BCUT2D eigenvalue weighted by atomic mass is 14.9. The highest BCUT2D eigenvalue weighted by Gasteiger charge is 2.40. The van der Waals surface area contributed by atoms with Crippen molar-refractivity contribution in [2.24, 2.45) is 17.8 Å². The van der Waals surface area contributed by atoms with Crippen LogP contribution in [0.1, 0.15) is 33.6 Å². The van der Waals surface area contributed by atoms with Gasteiger partial charge in [0.1, 0.15) is 0 Å². The molecule has 1 N–H and O–H groups in total. The van der Waals surface area contributed by atoms with Crippen LogP contribution in [-0.2, 0) is 0 Å². The monoisotopic (exact) mass is 155 g/mol. The van der Waals surface area contributed by atoms with Gasteiger partial charge in [0.25, 0.3) is 0 Å². The van der Waals surface area contributed by atoms with Crippen molar-refractivity contribution in [2.45, 2.75) is 39.7 Å². The first-order valence-corrected chi connectivity index (χ1v) is 4.82. The van der Waals surface area contributed by atoms with Crippen molar-refractivity contribution in [3.05, 3.63) is 0 Å². The van der Waals surface area contributed by atoms with Crippen LogP contribution >= 0.6 is 0 Å². The first kappa shape index (κ1) is 9.05. The van der Waals surface area contributed by atoms with Gasteiger partial charge >= 0.3 is 0 Å². The van der Waals surface area contributed by atoms with Crippen molar-refractivity contribution in [2.75, 3.05) is 7.05 Å².